The van der Waals surface area contributed by atoms with E-state index < -0.39 is 0 Å². The van der Waals surface area contributed by atoms with Crippen molar-refractivity contribution in [1.29, 1.82) is 0 Å². The number of nitrogens with zero attached hydrogens (tertiary/aromatic N) is 4. The lowest BCUT2D eigenvalue weighted by Crippen LogP contribution is -2.23. The summed E-state index contributed by atoms with van der Waals surface area (Å²) in [6.07, 6.45) is 2.20. The number of nitrogens with one attached hydrogen (secondary N) is 1. The number of para-hydroxylation sites is 1. The number of rotatable bonds is 8. The maximum Gasteiger partial charge on any atom is 0.264 e. The molecule has 0 spiro atoms. The molecule has 5 rings (SSSR count). The zero-order valence-corrected chi connectivity index (χ0v) is 16.5. The Bertz CT molecular complexity index is 1170. The van der Waals surface area contributed by atoms with Crippen LogP contribution in [0, 0.1) is 0 Å². The number of benzene rings is 2. The largest absolute Gasteiger partial charge is 0.484 e. The van der Waals surface area contributed by atoms with Crippen molar-refractivity contribution in [2.75, 3.05) is 0 Å². The first kappa shape index (κ1) is 19.0. The Morgan fingerprint density at radius 1 is 1.00 bits per heavy atom. The minimum absolute atomic E-state index is 0.144. The van der Waals surface area contributed by atoms with E-state index in [1.807, 2.05) is 30.3 Å². The molecule has 0 aliphatic heterocycles. The number of amides is 1. The van der Waals surface area contributed by atoms with Crippen molar-refractivity contribution >= 4 is 5.91 Å². The third kappa shape index (κ3) is 4.61. The Morgan fingerprint density at radius 3 is 2.58 bits per heavy atom. The van der Waals surface area contributed by atoms with E-state index in [-0.39, 0.29) is 19.1 Å². The van der Waals surface area contributed by atoms with Crippen LogP contribution in [0.4, 0.5) is 0 Å². The van der Waals surface area contributed by atoms with Crippen molar-refractivity contribution in [2.45, 2.75) is 31.9 Å². The number of carbonyl (C=O) groups is 1. The fourth-order valence-corrected chi connectivity index (χ4v) is 2.96. The molecular formula is C22H19N5O4. The SMILES string of the molecule is O=C(NCc1noc(COc2ccccc2)n1)c1ccc(-c2noc(C3CC3)n2)cc1. The molecule has 0 saturated heterocycles. The van der Waals surface area contributed by atoms with Crippen LogP contribution in [0.1, 0.15) is 46.7 Å². The summed E-state index contributed by atoms with van der Waals surface area (Å²) in [6, 6.07) is 16.4. The predicted octanol–water partition coefficient (Wildman–Crippen LogP) is 3.51. The number of aromatic nitrogens is 4. The van der Waals surface area contributed by atoms with Crippen molar-refractivity contribution in [3.05, 3.63) is 77.8 Å². The summed E-state index contributed by atoms with van der Waals surface area (Å²) in [4.78, 5) is 21.0. The maximum atomic E-state index is 12.4. The fraction of sp³-hybridized carbons (Fsp3) is 0.227. The van der Waals surface area contributed by atoms with Crippen LogP contribution in [0.3, 0.4) is 0 Å². The molecular weight excluding hydrogens is 398 g/mol. The second kappa shape index (κ2) is 8.39. The lowest BCUT2D eigenvalue weighted by molar-refractivity contribution is 0.0949. The van der Waals surface area contributed by atoms with Crippen molar-refractivity contribution < 1.29 is 18.6 Å². The standard InChI is InChI=1S/C22H19N5O4/c28-21(15-8-6-14(7-9-15)20-25-22(31-27-20)16-10-11-16)23-12-18-24-19(30-26-18)13-29-17-4-2-1-3-5-17/h1-9,16H,10-13H2,(H,23,28). The molecule has 1 aliphatic carbocycles. The highest BCUT2D eigenvalue weighted by atomic mass is 16.5. The van der Waals surface area contributed by atoms with E-state index in [0.29, 0.717) is 40.7 Å². The molecule has 4 aromatic rings. The highest BCUT2D eigenvalue weighted by Gasteiger charge is 2.29. The molecule has 1 fully saturated rings. The van der Waals surface area contributed by atoms with Gasteiger partial charge in [0, 0.05) is 17.0 Å². The second-order valence-corrected chi connectivity index (χ2v) is 7.20. The molecule has 1 aliphatic rings. The first-order valence-electron chi connectivity index (χ1n) is 9.96. The van der Waals surface area contributed by atoms with Gasteiger partial charge < -0.3 is 19.1 Å². The van der Waals surface area contributed by atoms with Gasteiger partial charge >= 0.3 is 0 Å². The average Bonchev–Trinajstić information content (AvgIpc) is 3.37. The van der Waals surface area contributed by atoms with E-state index >= 15 is 0 Å². The van der Waals surface area contributed by atoms with Crippen LogP contribution in [0.15, 0.2) is 63.6 Å². The van der Waals surface area contributed by atoms with Crippen LogP contribution < -0.4 is 10.1 Å². The average molecular weight is 417 g/mol. The van der Waals surface area contributed by atoms with Crippen LogP contribution in [0.5, 0.6) is 5.75 Å². The van der Waals surface area contributed by atoms with Gasteiger partial charge in [0.1, 0.15) is 5.75 Å². The van der Waals surface area contributed by atoms with Gasteiger partial charge in [0.2, 0.25) is 11.7 Å². The van der Waals surface area contributed by atoms with Gasteiger partial charge in [-0.15, -0.1) is 0 Å². The van der Waals surface area contributed by atoms with Crippen LogP contribution in [0.25, 0.3) is 11.4 Å². The van der Waals surface area contributed by atoms with Crippen molar-refractivity contribution in [2.24, 2.45) is 0 Å². The molecule has 1 amide bonds. The van der Waals surface area contributed by atoms with Crippen molar-refractivity contribution in [3.63, 3.8) is 0 Å². The highest BCUT2D eigenvalue weighted by Crippen LogP contribution is 2.39. The van der Waals surface area contributed by atoms with E-state index in [2.05, 4.69) is 25.6 Å². The third-order valence-corrected chi connectivity index (χ3v) is 4.80. The molecule has 1 N–H and O–H groups in total. The molecule has 2 aromatic heterocycles. The molecule has 9 heteroatoms. The first-order chi connectivity index (χ1) is 15.2. The minimum atomic E-state index is -0.245. The van der Waals surface area contributed by atoms with Crippen LogP contribution in [-0.4, -0.2) is 26.2 Å². The zero-order chi connectivity index (χ0) is 21.0. The Hall–Kier alpha value is -4.01. The summed E-state index contributed by atoms with van der Waals surface area (Å²) in [5.41, 5.74) is 1.30. The van der Waals surface area contributed by atoms with E-state index in [4.69, 9.17) is 13.8 Å². The monoisotopic (exact) mass is 417 g/mol. The molecule has 2 heterocycles. The lowest BCUT2D eigenvalue weighted by atomic mass is 10.1. The zero-order valence-electron chi connectivity index (χ0n) is 16.5. The smallest absolute Gasteiger partial charge is 0.264 e. The summed E-state index contributed by atoms with van der Waals surface area (Å²) in [5, 5.41) is 10.6. The van der Waals surface area contributed by atoms with Gasteiger partial charge in [0.15, 0.2) is 12.4 Å². The van der Waals surface area contributed by atoms with Gasteiger partial charge in [-0.05, 0) is 37.1 Å². The number of carbonyl (C=O) groups excluding carboxylic acids is 1. The van der Waals surface area contributed by atoms with Crippen LogP contribution >= 0.6 is 0 Å². The molecule has 0 unspecified atom stereocenters. The Morgan fingerprint density at radius 2 is 1.81 bits per heavy atom. The summed E-state index contributed by atoms with van der Waals surface area (Å²) in [5.74, 6) is 2.80. The molecule has 1 saturated carbocycles. The molecule has 9 nitrogen and oxygen atoms in total. The Kier molecular flexibility index (Phi) is 5.14. The summed E-state index contributed by atoms with van der Waals surface area (Å²) >= 11 is 0. The predicted molar refractivity (Wildman–Crippen MR) is 108 cm³/mol. The topological polar surface area (TPSA) is 116 Å². The third-order valence-electron chi connectivity index (χ3n) is 4.80. The van der Waals surface area contributed by atoms with Gasteiger partial charge in [-0.1, -0.05) is 40.6 Å². The summed E-state index contributed by atoms with van der Waals surface area (Å²) in [6.45, 7) is 0.302. The number of ether oxygens (including phenoxy) is 1. The minimum Gasteiger partial charge on any atom is -0.484 e. The van der Waals surface area contributed by atoms with Crippen LogP contribution in [-0.2, 0) is 13.2 Å². The van der Waals surface area contributed by atoms with E-state index in [1.165, 1.54) is 0 Å². The Labute approximate surface area is 177 Å². The number of hydrogen-bond donors (Lipinski definition) is 1. The summed E-state index contributed by atoms with van der Waals surface area (Å²) in [7, 11) is 0. The molecule has 0 radical (unpaired) electrons. The number of hydrogen-bond acceptors (Lipinski definition) is 8. The van der Waals surface area contributed by atoms with E-state index in [0.717, 1.165) is 18.4 Å². The van der Waals surface area contributed by atoms with Crippen molar-refractivity contribution in [3.8, 4) is 17.1 Å². The first-order valence-corrected chi connectivity index (χ1v) is 9.96. The highest BCUT2D eigenvalue weighted by molar-refractivity contribution is 5.94. The van der Waals surface area contributed by atoms with Crippen LogP contribution in [0.2, 0.25) is 0 Å². The van der Waals surface area contributed by atoms with Gasteiger partial charge in [-0.25, -0.2) is 0 Å². The molecule has 0 atom stereocenters. The molecule has 2 aromatic carbocycles. The second-order valence-electron chi connectivity index (χ2n) is 7.20. The fourth-order valence-electron chi connectivity index (χ4n) is 2.96. The molecule has 31 heavy (non-hydrogen) atoms. The van der Waals surface area contributed by atoms with Gasteiger partial charge in [0.25, 0.3) is 11.8 Å². The quantitative estimate of drug-likeness (QED) is 0.463. The molecule has 156 valence electrons. The van der Waals surface area contributed by atoms with Gasteiger partial charge in [-0.2, -0.15) is 9.97 Å². The molecule has 0 bridgehead atoms. The lowest BCUT2D eigenvalue weighted by Gasteiger charge is -2.03. The summed E-state index contributed by atoms with van der Waals surface area (Å²) < 4.78 is 16.0. The van der Waals surface area contributed by atoms with E-state index in [1.54, 1.807) is 24.3 Å². The van der Waals surface area contributed by atoms with E-state index in [9.17, 15) is 4.79 Å². The van der Waals surface area contributed by atoms with Crippen molar-refractivity contribution in [1.82, 2.24) is 25.6 Å². The maximum absolute atomic E-state index is 12.4. The van der Waals surface area contributed by atoms with Gasteiger partial charge in [0.05, 0.1) is 6.54 Å². The normalized spacial score (nSPS) is 13.2. The van der Waals surface area contributed by atoms with Gasteiger partial charge in [-0.3, -0.25) is 4.79 Å². The Balaban J connectivity index is 1.14.